The lowest BCUT2D eigenvalue weighted by molar-refractivity contribution is -0.115. The monoisotopic (exact) mass is 220 g/mol. The molecule has 0 unspecified atom stereocenters. The minimum absolute atomic E-state index is 0.0241. The largest absolute Gasteiger partial charge is 0.290 e. The van der Waals surface area contributed by atoms with Gasteiger partial charge < -0.3 is 0 Å². The van der Waals surface area contributed by atoms with Crippen molar-refractivity contribution in [3.63, 3.8) is 0 Å². The van der Waals surface area contributed by atoms with Crippen LogP contribution in [0.4, 0.5) is 0 Å². The van der Waals surface area contributed by atoms with Crippen LogP contribution in [0.15, 0.2) is 23.3 Å². The molecule has 2 heteroatoms. The highest BCUT2D eigenvalue weighted by Gasteiger charge is 2.27. The Morgan fingerprint density at radius 1 is 1.06 bits per heavy atom. The molecule has 0 atom stereocenters. The smallest absolute Gasteiger partial charge is 0.185 e. The van der Waals surface area contributed by atoms with E-state index in [0.29, 0.717) is 11.5 Å². The Hall–Kier alpha value is -1.18. The van der Waals surface area contributed by atoms with Crippen LogP contribution in [0, 0.1) is 5.92 Å². The summed E-state index contributed by atoms with van der Waals surface area (Å²) in [6, 6.07) is 0. The lowest BCUT2D eigenvalue weighted by Crippen LogP contribution is -2.17. The fourth-order valence-electron chi connectivity index (χ4n) is 2.31. The normalized spacial score (nSPS) is 21.2. The van der Waals surface area contributed by atoms with Gasteiger partial charge in [0.2, 0.25) is 0 Å². The van der Waals surface area contributed by atoms with Crippen LogP contribution < -0.4 is 0 Å². The van der Waals surface area contributed by atoms with E-state index in [2.05, 4.69) is 0 Å². The van der Waals surface area contributed by atoms with E-state index in [1.807, 2.05) is 13.8 Å². The molecule has 0 spiro atoms. The van der Waals surface area contributed by atoms with E-state index >= 15 is 0 Å². The first kappa shape index (κ1) is 12.9. The van der Waals surface area contributed by atoms with Crippen LogP contribution in [-0.4, -0.2) is 11.6 Å². The van der Waals surface area contributed by atoms with Gasteiger partial charge in [-0.15, -0.1) is 0 Å². The molecule has 0 radical (unpaired) electrons. The van der Waals surface area contributed by atoms with Gasteiger partial charge in [-0.25, -0.2) is 0 Å². The summed E-state index contributed by atoms with van der Waals surface area (Å²) in [6.07, 6.45) is 7.47. The Bertz CT molecular complexity index is 342. The molecule has 1 fully saturated rings. The fraction of sp³-hybridized carbons (Fsp3) is 0.571. The fourth-order valence-corrected chi connectivity index (χ4v) is 2.31. The second-order valence-corrected chi connectivity index (χ2v) is 4.14. The molecule has 0 aromatic heterocycles. The summed E-state index contributed by atoms with van der Waals surface area (Å²) in [5.74, 6) is 0.399. The van der Waals surface area contributed by atoms with Gasteiger partial charge in [-0.1, -0.05) is 26.7 Å². The Labute approximate surface area is 97.4 Å². The molecule has 0 bridgehead atoms. The zero-order valence-electron chi connectivity index (χ0n) is 10.4. The van der Waals surface area contributed by atoms with Crippen molar-refractivity contribution < 1.29 is 9.59 Å². The van der Waals surface area contributed by atoms with E-state index in [0.717, 1.165) is 18.4 Å². The number of carbonyl (C=O) groups is 2. The van der Waals surface area contributed by atoms with Crippen molar-refractivity contribution in [1.82, 2.24) is 0 Å². The molecule has 16 heavy (non-hydrogen) atoms. The van der Waals surface area contributed by atoms with Gasteiger partial charge >= 0.3 is 0 Å². The predicted octanol–water partition coefficient (Wildman–Crippen LogP) is 3.23. The Morgan fingerprint density at radius 3 is 2.19 bits per heavy atom. The molecule has 0 N–H and O–H groups in total. The maximum Gasteiger partial charge on any atom is 0.185 e. The molecule has 0 aromatic rings. The number of hydrogen-bond donors (Lipinski definition) is 0. The number of Topliss-reactive ketones (excluding diaryl/α,β-unsaturated/α-hetero) is 1. The van der Waals surface area contributed by atoms with Gasteiger partial charge in [-0.05, 0) is 37.8 Å². The third kappa shape index (κ3) is 2.69. The van der Waals surface area contributed by atoms with E-state index in [9.17, 15) is 9.59 Å². The van der Waals surface area contributed by atoms with E-state index < -0.39 is 0 Å². The number of allylic oxidation sites excluding steroid dienone is 4. The van der Waals surface area contributed by atoms with Gasteiger partial charge in [0.05, 0.1) is 0 Å². The standard InChI is InChI=1S/C12H14O2.C2H6/c1-8-6-10(13)7-11(12(8)14)9-4-2-3-5-9;1-2/h6-7,9H,2-5H2,1H3;1-2H3. The molecule has 88 valence electrons. The summed E-state index contributed by atoms with van der Waals surface area (Å²) in [7, 11) is 0. The summed E-state index contributed by atoms with van der Waals surface area (Å²) in [5.41, 5.74) is 1.35. The van der Waals surface area contributed by atoms with Gasteiger partial charge in [-0.3, -0.25) is 9.59 Å². The number of carbonyl (C=O) groups excluding carboxylic acids is 2. The van der Waals surface area contributed by atoms with Crippen LogP contribution >= 0.6 is 0 Å². The summed E-state index contributed by atoms with van der Waals surface area (Å²) in [5, 5.41) is 0. The van der Waals surface area contributed by atoms with Crippen molar-refractivity contribution in [1.29, 1.82) is 0 Å². The third-order valence-electron chi connectivity index (χ3n) is 3.07. The first-order valence-electron chi connectivity index (χ1n) is 6.17. The van der Waals surface area contributed by atoms with Crippen LogP contribution in [0.25, 0.3) is 0 Å². The predicted molar refractivity (Wildman–Crippen MR) is 65.2 cm³/mol. The van der Waals surface area contributed by atoms with Crippen molar-refractivity contribution in [2.45, 2.75) is 46.5 Å². The third-order valence-corrected chi connectivity index (χ3v) is 3.07. The van der Waals surface area contributed by atoms with Crippen molar-refractivity contribution in [2.75, 3.05) is 0 Å². The molecule has 2 aliphatic carbocycles. The van der Waals surface area contributed by atoms with Crippen LogP contribution in [0.5, 0.6) is 0 Å². The van der Waals surface area contributed by atoms with Crippen molar-refractivity contribution in [2.24, 2.45) is 5.92 Å². The van der Waals surface area contributed by atoms with Gasteiger partial charge in [-0.2, -0.15) is 0 Å². The van der Waals surface area contributed by atoms with Crippen molar-refractivity contribution >= 4 is 11.6 Å². The lowest BCUT2D eigenvalue weighted by Gasteiger charge is -2.16. The summed E-state index contributed by atoms with van der Waals surface area (Å²) in [6.45, 7) is 5.72. The topological polar surface area (TPSA) is 34.1 Å². The number of ketones is 2. The Balaban J connectivity index is 0.000000606. The number of hydrogen-bond acceptors (Lipinski definition) is 2. The molecule has 2 rings (SSSR count). The molecular formula is C14H20O2. The van der Waals surface area contributed by atoms with Gasteiger partial charge in [0.25, 0.3) is 0 Å². The molecule has 2 nitrogen and oxygen atoms in total. The first-order chi connectivity index (χ1) is 7.68. The zero-order chi connectivity index (χ0) is 12.1. The first-order valence-corrected chi connectivity index (χ1v) is 6.17. The highest BCUT2D eigenvalue weighted by atomic mass is 16.1. The average molecular weight is 220 g/mol. The maximum atomic E-state index is 11.8. The average Bonchev–Trinajstić information content (AvgIpc) is 2.79. The highest BCUT2D eigenvalue weighted by molar-refractivity contribution is 6.20. The molecule has 0 aliphatic heterocycles. The van der Waals surface area contributed by atoms with Gasteiger partial charge in [0, 0.05) is 11.1 Å². The zero-order valence-corrected chi connectivity index (χ0v) is 10.4. The minimum Gasteiger partial charge on any atom is -0.290 e. The highest BCUT2D eigenvalue weighted by Crippen LogP contribution is 2.33. The second kappa shape index (κ2) is 5.78. The van der Waals surface area contributed by atoms with E-state index in [-0.39, 0.29) is 11.6 Å². The minimum atomic E-state index is -0.0241. The SMILES string of the molecule is CC.CC1=CC(=O)C=C(C2CCCC2)C1=O. The molecule has 0 amide bonds. The van der Waals surface area contributed by atoms with Crippen LogP contribution in [-0.2, 0) is 9.59 Å². The van der Waals surface area contributed by atoms with Crippen molar-refractivity contribution in [3.8, 4) is 0 Å². The molecule has 2 aliphatic rings. The number of rotatable bonds is 1. The second-order valence-electron chi connectivity index (χ2n) is 4.14. The maximum absolute atomic E-state index is 11.8. The summed E-state index contributed by atoms with van der Waals surface area (Å²) < 4.78 is 0. The van der Waals surface area contributed by atoms with E-state index in [1.165, 1.54) is 25.0 Å². The molecule has 0 heterocycles. The van der Waals surface area contributed by atoms with Crippen molar-refractivity contribution in [3.05, 3.63) is 23.3 Å². The Morgan fingerprint density at radius 2 is 1.62 bits per heavy atom. The molecular weight excluding hydrogens is 200 g/mol. The molecule has 0 aromatic carbocycles. The molecule has 1 saturated carbocycles. The van der Waals surface area contributed by atoms with E-state index in [4.69, 9.17) is 0 Å². The van der Waals surface area contributed by atoms with Crippen LogP contribution in [0.3, 0.4) is 0 Å². The van der Waals surface area contributed by atoms with E-state index in [1.54, 1.807) is 6.92 Å². The van der Waals surface area contributed by atoms with Crippen LogP contribution in [0.1, 0.15) is 46.5 Å². The molecule has 0 saturated heterocycles. The summed E-state index contributed by atoms with van der Waals surface area (Å²) in [4.78, 5) is 23.1. The van der Waals surface area contributed by atoms with Gasteiger partial charge in [0.1, 0.15) is 0 Å². The Kier molecular flexibility index (Phi) is 4.66. The van der Waals surface area contributed by atoms with Crippen LogP contribution in [0.2, 0.25) is 0 Å². The summed E-state index contributed by atoms with van der Waals surface area (Å²) >= 11 is 0. The lowest BCUT2D eigenvalue weighted by atomic mass is 9.86. The van der Waals surface area contributed by atoms with Gasteiger partial charge in [0.15, 0.2) is 11.6 Å². The quantitative estimate of drug-likeness (QED) is 0.636.